The molecule has 19 heavy (non-hydrogen) atoms. The molecule has 0 amide bonds. The number of hydrogen-bond acceptors (Lipinski definition) is 3. The van der Waals surface area contributed by atoms with Crippen LogP contribution in [0, 0.1) is 5.41 Å². The number of benzene rings is 1. The predicted octanol–water partition coefficient (Wildman–Crippen LogP) is 2.49. The first kappa shape index (κ1) is 12.9. The van der Waals surface area contributed by atoms with E-state index in [9.17, 15) is 0 Å². The van der Waals surface area contributed by atoms with Gasteiger partial charge in [-0.15, -0.1) is 0 Å². The highest BCUT2D eigenvalue weighted by Crippen LogP contribution is 2.36. The second-order valence-electron chi connectivity index (χ2n) is 5.18. The van der Waals surface area contributed by atoms with Gasteiger partial charge < -0.3 is 15.4 Å². The summed E-state index contributed by atoms with van der Waals surface area (Å²) in [6.45, 7) is 1.72. The molecule has 0 radical (unpaired) electrons. The van der Waals surface area contributed by atoms with Crippen molar-refractivity contribution >= 4 is 27.5 Å². The minimum atomic E-state index is 0.105. The first-order chi connectivity index (χ1) is 9.16. The molecule has 1 aromatic carbocycles. The molecule has 4 nitrogen and oxygen atoms in total. The lowest BCUT2D eigenvalue weighted by Crippen LogP contribution is -2.48. The molecule has 2 unspecified atom stereocenters. The van der Waals surface area contributed by atoms with E-state index >= 15 is 0 Å². The molecule has 1 aliphatic carbocycles. The van der Waals surface area contributed by atoms with Gasteiger partial charge in [0, 0.05) is 16.6 Å². The Hall–Kier alpha value is -1.07. The fraction of sp³-hybridized carbons (Fsp3) is 0.500. The van der Waals surface area contributed by atoms with E-state index in [4.69, 9.17) is 15.9 Å². The highest BCUT2D eigenvalue weighted by atomic mass is 79.9. The van der Waals surface area contributed by atoms with E-state index in [1.807, 2.05) is 12.1 Å². The van der Waals surface area contributed by atoms with Gasteiger partial charge in [-0.3, -0.25) is 5.41 Å². The van der Waals surface area contributed by atoms with E-state index < -0.39 is 0 Å². The zero-order valence-electron chi connectivity index (χ0n) is 10.7. The fourth-order valence-corrected chi connectivity index (χ4v) is 3.74. The zero-order chi connectivity index (χ0) is 13.4. The third-order valence-electron chi connectivity index (χ3n) is 4.05. The van der Waals surface area contributed by atoms with Crippen LogP contribution in [0.3, 0.4) is 0 Å². The van der Waals surface area contributed by atoms with E-state index in [-0.39, 0.29) is 5.84 Å². The molecule has 2 atom stereocenters. The molecule has 0 spiro atoms. The summed E-state index contributed by atoms with van der Waals surface area (Å²) in [5.41, 5.74) is 7.47. The van der Waals surface area contributed by atoms with Crippen LogP contribution in [0.4, 0.5) is 5.69 Å². The zero-order valence-corrected chi connectivity index (χ0v) is 12.3. The summed E-state index contributed by atoms with van der Waals surface area (Å²) in [4.78, 5) is 2.44. The number of amidine groups is 1. The summed E-state index contributed by atoms with van der Waals surface area (Å²) >= 11 is 3.61. The van der Waals surface area contributed by atoms with Gasteiger partial charge in [-0.25, -0.2) is 0 Å². The molecule has 2 fully saturated rings. The van der Waals surface area contributed by atoms with Gasteiger partial charge >= 0.3 is 0 Å². The number of hydrogen-bond donors (Lipinski definition) is 2. The van der Waals surface area contributed by atoms with Crippen LogP contribution >= 0.6 is 15.9 Å². The topological polar surface area (TPSA) is 62.3 Å². The van der Waals surface area contributed by atoms with Crippen LogP contribution in [0.2, 0.25) is 0 Å². The average Bonchev–Trinajstić information content (AvgIpc) is 2.86. The van der Waals surface area contributed by atoms with Crippen molar-refractivity contribution in [1.29, 1.82) is 5.41 Å². The number of fused-ring (bicyclic) bond motifs is 1. The van der Waals surface area contributed by atoms with Crippen molar-refractivity contribution in [3.63, 3.8) is 0 Å². The molecule has 0 bridgehead atoms. The van der Waals surface area contributed by atoms with Crippen LogP contribution in [0.5, 0.6) is 0 Å². The predicted molar refractivity (Wildman–Crippen MR) is 79.9 cm³/mol. The summed E-state index contributed by atoms with van der Waals surface area (Å²) in [6, 6.07) is 6.40. The highest BCUT2D eigenvalue weighted by Gasteiger charge is 2.36. The average molecular weight is 324 g/mol. The standard InChI is InChI=1S/C14H18BrN3O/c15-10-8-9(14(16)17)4-5-11(10)18-6-7-19-13-3-1-2-12(13)18/h4-5,8,12-13H,1-3,6-7H2,(H3,16,17). The molecule has 3 rings (SSSR count). The molecule has 1 heterocycles. The maximum absolute atomic E-state index is 7.49. The van der Waals surface area contributed by atoms with Gasteiger partial charge in [0.25, 0.3) is 0 Å². The van der Waals surface area contributed by atoms with Gasteiger partial charge in [0.1, 0.15) is 5.84 Å². The second-order valence-corrected chi connectivity index (χ2v) is 6.04. The second kappa shape index (κ2) is 5.13. The Morgan fingerprint density at radius 2 is 2.26 bits per heavy atom. The molecule has 5 heteroatoms. The molecule has 1 saturated heterocycles. The first-order valence-corrected chi connectivity index (χ1v) is 7.48. The molecule has 1 saturated carbocycles. The maximum atomic E-state index is 7.49. The number of nitrogens with two attached hydrogens (primary N) is 1. The molecule has 3 N–H and O–H groups in total. The number of ether oxygens (including phenoxy) is 1. The van der Waals surface area contributed by atoms with E-state index in [0.29, 0.717) is 12.1 Å². The number of anilines is 1. The van der Waals surface area contributed by atoms with E-state index in [0.717, 1.165) is 23.2 Å². The van der Waals surface area contributed by atoms with E-state index in [2.05, 4.69) is 26.9 Å². The number of nitrogens with one attached hydrogen (secondary N) is 1. The Labute approximate surface area is 121 Å². The summed E-state index contributed by atoms with van der Waals surface area (Å²) in [7, 11) is 0. The summed E-state index contributed by atoms with van der Waals surface area (Å²) in [5.74, 6) is 0.105. The minimum Gasteiger partial charge on any atom is -0.384 e. The molecule has 0 aromatic heterocycles. The van der Waals surface area contributed by atoms with Gasteiger partial charge in [-0.05, 0) is 53.4 Å². The molecule has 1 aliphatic heterocycles. The van der Waals surface area contributed by atoms with Crippen LogP contribution in [0.1, 0.15) is 24.8 Å². The largest absolute Gasteiger partial charge is 0.384 e. The minimum absolute atomic E-state index is 0.105. The number of nitrogen functional groups attached to an aromatic ring is 1. The normalized spacial score (nSPS) is 26.3. The van der Waals surface area contributed by atoms with Crippen molar-refractivity contribution in [2.75, 3.05) is 18.1 Å². The third kappa shape index (κ3) is 2.37. The van der Waals surface area contributed by atoms with Crippen molar-refractivity contribution in [3.05, 3.63) is 28.2 Å². The van der Waals surface area contributed by atoms with E-state index in [1.54, 1.807) is 0 Å². The first-order valence-electron chi connectivity index (χ1n) is 6.69. The molecule has 102 valence electrons. The van der Waals surface area contributed by atoms with Crippen molar-refractivity contribution < 1.29 is 4.74 Å². The van der Waals surface area contributed by atoms with Gasteiger partial charge in [0.05, 0.1) is 24.4 Å². The number of halogens is 1. The Morgan fingerprint density at radius 3 is 3.00 bits per heavy atom. The Kier molecular flexibility index (Phi) is 3.50. The quantitative estimate of drug-likeness (QED) is 0.649. The van der Waals surface area contributed by atoms with Crippen molar-refractivity contribution in [2.24, 2.45) is 5.73 Å². The maximum Gasteiger partial charge on any atom is 0.122 e. The number of nitrogens with zero attached hydrogens (tertiary/aromatic N) is 1. The summed E-state index contributed by atoms with van der Waals surface area (Å²) in [5, 5.41) is 7.49. The monoisotopic (exact) mass is 323 g/mol. The lowest BCUT2D eigenvalue weighted by molar-refractivity contribution is 0.0256. The summed E-state index contributed by atoms with van der Waals surface area (Å²) < 4.78 is 6.85. The SMILES string of the molecule is N=C(N)c1ccc(N2CCOC3CCCC32)c(Br)c1. The van der Waals surface area contributed by atoms with Gasteiger partial charge in [0.2, 0.25) is 0 Å². The van der Waals surface area contributed by atoms with Gasteiger partial charge in [-0.1, -0.05) is 0 Å². The highest BCUT2D eigenvalue weighted by molar-refractivity contribution is 9.10. The van der Waals surface area contributed by atoms with Crippen molar-refractivity contribution in [2.45, 2.75) is 31.4 Å². The number of morpholine rings is 1. The van der Waals surface area contributed by atoms with Crippen LogP contribution < -0.4 is 10.6 Å². The third-order valence-corrected chi connectivity index (χ3v) is 4.69. The van der Waals surface area contributed by atoms with Crippen LogP contribution in [0.15, 0.2) is 22.7 Å². The van der Waals surface area contributed by atoms with Crippen molar-refractivity contribution in [3.8, 4) is 0 Å². The lowest BCUT2D eigenvalue weighted by Gasteiger charge is -2.39. The Morgan fingerprint density at radius 1 is 1.42 bits per heavy atom. The number of rotatable bonds is 2. The smallest absolute Gasteiger partial charge is 0.122 e. The van der Waals surface area contributed by atoms with Crippen LogP contribution in [-0.4, -0.2) is 31.1 Å². The van der Waals surface area contributed by atoms with E-state index in [1.165, 1.54) is 24.9 Å². The molecule has 1 aromatic rings. The Balaban J connectivity index is 1.90. The molecule has 2 aliphatic rings. The van der Waals surface area contributed by atoms with Crippen LogP contribution in [-0.2, 0) is 4.74 Å². The lowest BCUT2D eigenvalue weighted by atomic mass is 10.1. The Bertz CT molecular complexity index is 505. The summed E-state index contributed by atoms with van der Waals surface area (Å²) in [6.07, 6.45) is 4.00. The van der Waals surface area contributed by atoms with Crippen molar-refractivity contribution in [1.82, 2.24) is 0 Å². The molecular weight excluding hydrogens is 306 g/mol. The van der Waals surface area contributed by atoms with Gasteiger partial charge in [-0.2, -0.15) is 0 Å². The molecular formula is C14H18BrN3O. The fourth-order valence-electron chi connectivity index (χ4n) is 3.13. The van der Waals surface area contributed by atoms with Gasteiger partial charge in [0.15, 0.2) is 0 Å². The van der Waals surface area contributed by atoms with Crippen LogP contribution in [0.25, 0.3) is 0 Å².